The number of hydrogen-bond donors (Lipinski definition) is 1. The molecular weight excluding hydrogens is 275 g/mol. The van der Waals surface area contributed by atoms with Crippen LogP contribution in [-0.4, -0.2) is 22.6 Å². The average molecular weight is 287 g/mol. The molecule has 0 unspecified atom stereocenters. The van der Waals surface area contributed by atoms with Crippen LogP contribution in [0.25, 0.3) is 0 Å². The second-order valence-corrected chi connectivity index (χ2v) is 4.41. The molecule has 0 aromatic carbocycles. The smallest absolute Gasteiger partial charge is 0.467 e. The lowest BCUT2D eigenvalue weighted by atomic mass is 10.1. The second-order valence-electron chi connectivity index (χ2n) is 4.41. The fourth-order valence-electron chi connectivity index (χ4n) is 2.11. The lowest BCUT2D eigenvalue weighted by molar-refractivity contribution is 0.513. The molecule has 4 nitrogen and oxygen atoms in total. The summed E-state index contributed by atoms with van der Waals surface area (Å²) < 4.78 is 32.2. The van der Waals surface area contributed by atoms with E-state index in [4.69, 9.17) is 4.42 Å². The second kappa shape index (κ2) is 5.82. The topological polar surface area (TPSA) is 46.2 Å². The van der Waals surface area contributed by atoms with Crippen LogP contribution >= 0.6 is 0 Å². The number of aromatic amines is 1. The Labute approximate surface area is 120 Å². The molecule has 3 heterocycles. The minimum atomic E-state index is -2.61. The number of rotatable bonds is 5. The highest BCUT2D eigenvalue weighted by Crippen LogP contribution is 2.14. The van der Waals surface area contributed by atoms with Gasteiger partial charge in [0.1, 0.15) is 11.5 Å². The summed E-state index contributed by atoms with van der Waals surface area (Å²) in [6.07, 6.45) is 4.62. The lowest BCUT2D eigenvalue weighted by Gasteiger charge is -2.08. The number of nitrogens with zero attached hydrogens (tertiary/aromatic N) is 2. The molecule has 7 heteroatoms. The highest BCUT2D eigenvalue weighted by atomic mass is 19.2. The Morgan fingerprint density at radius 3 is 2.81 bits per heavy atom. The predicted octanol–water partition coefficient (Wildman–Crippen LogP) is 3.22. The van der Waals surface area contributed by atoms with Crippen molar-refractivity contribution in [3.8, 4) is 0 Å². The molecule has 3 aromatic heterocycles. The van der Waals surface area contributed by atoms with Gasteiger partial charge >= 0.3 is 7.40 Å². The first-order valence-electron chi connectivity index (χ1n) is 6.41. The van der Waals surface area contributed by atoms with E-state index in [2.05, 4.69) is 9.98 Å². The van der Waals surface area contributed by atoms with Gasteiger partial charge in [-0.15, -0.1) is 0 Å². The van der Waals surface area contributed by atoms with Gasteiger partial charge in [-0.25, -0.2) is 0 Å². The molecule has 0 saturated heterocycles. The fraction of sp³-hybridized carbons (Fsp3) is 0.0714. The van der Waals surface area contributed by atoms with Crippen LogP contribution in [0.1, 0.15) is 17.1 Å². The van der Waals surface area contributed by atoms with Gasteiger partial charge in [-0.3, -0.25) is 13.6 Å². The summed E-state index contributed by atoms with van der Waals surface area (Å²) in [5.74, 6) is 0.675. The molecule has 0 aliphatic rings. The number of hydrogen-bond acceptors (Lipinski definition) is 2. The van der Waals surface area contributed by atoms with Crippen molar-refractivity contribution in [3.63, 3.8) is 0 Å². The van der Waals surface area contributed by atoms with E-state index in [1.54, 1.807) is 48.9 Å². The summed E-state index contributed by atoms with van der Waals surface area (Å²) >= 11 is 0. The molecule has 106 valence electrons. The largest absolute Gasteiger partial charge is 0.677 e. The van der Waals surface area contributed by atoms with Gasteiger partial charge in [0.2, 0.25) is 0 Å². The maximum atomic E-state index is 13.1. The Morgan fingerprint density at radius 2 is 2.14 bits per heavy atom. The maximum Gasteiger partial charge on any atom is 0.677 e. The lowest BCUT2D eigenvalue weighted by Crippen LogP contribution is -2.19. The molecule has 0 radical (unpaired) electrons. The molecule has 0 bridgehead atoms. The number of H-pyrrole nitrogens is 1. The predicted molar refractivity (Wildman–Crippen MR) is 76.6 cm³/mol. The number of furan rings is 1. The van der Waals surface area contributed by atoms with Crippen molar-refractivity contribution in [1.82, 2.24) is 9.46 Å². The third-order valence-corrected chi connectivity index (χ3v) is 3.06. The number of aromatic nitrogens is 2. The van der Waals surface area contributed by atoms with Crippen LogP contribution in [0, 0.1) is 0 Å². The summed E-state index contributed by atoms with van der Waals surface area (Å²) in [7, 11) is -2.61. The molecule has 3 aromatic rings. The van der Waals surface area contributed by atoms with E-state index in [0.29, 0.717) is 22.9 Å². The highest BCUT2D eigenvalue weighted by Gasteiger charge is 2.22. The Kier molecular flexibility index (Phi) is 3.72. The van der Waals surface area contributed by atoms with Crippen LogP contribution in [0.4, 0.5) is 8.63 Å². The van der Waals surface area contributed by atoms with E-state index in [-0.39, 0.29) is 6.54 Å². The first-order chi connectivity index (χ1) is 10.3. The third-order valence-electron chi connectivity index (χ3n) is 3.06. The van der Waals surface area contributed by atoms with Crippen molar-refractivity contribution in [3.05, 3.63) is 72.2 Å². The van der Waals surface area contributed by atoms with Gasteiger partial charge in [0.15, 0.2) is 0 Å². The molecular formula is C14H12BF2N3O. The molecule has 1 N–H and O–H groups in total. The standard InChI is InChI=1S/C14H12BF2N3O/c16-15(17)20-8-2-6-13(20)14(12-5-1-7-18-12)19-10-11-4-3-9-21-11/h1-9,18H,10H2. The zero-order valence-corrected chi connectivity index (χ0v) is 11.0. The summed E-state index contributed by atoms with van der Waals surface area (Å²) in [5.41, 5.74) is 1.52. The molecule has 0 amide bonds. The maximum absolute atomic E-state index is 13.1. The van der Waals surface area contributed by atoms with Gasteiger partial charge in [0, 0.05) is 6.20 Å². The molecule has 0 atom stereocenters. The zero-order chi connectivity index (χ0) is 14.7. The molecule has 0 spiro atoms. The van der Waals surface area contributed by atoms with Crippen LogP contribution in [0.15, 0.2) is 64.5 Å². The van der Waals surface area contributed by atoms with Crippen molar-refractivity contribution < 1.29 is 13.0 Å². The number of aliphatic imine (C=N–C) groups is 1. The van der Waals surface area contributed by atoms with E-state index >= 15 is 0 Å². The fourth-order valence-corrected chi connectivity index (χ4v) is 2.11. The normalized spacial score (nSPS) is 11.8. The SMILES string of the molecule is FB(F)n1cccc1C(=NCc1ccco1)c1ccc[nH]1. The summed E-state index contributed by atoms with van der Waals surface area (Å²) in [5, 5.41) is 0. The summed E-state index contributed by atoms with van der Waals surface area (Å²) in [4.78, 5) is 7.43. The third kappa shape index (κ3) is 2.81. The van der Waals surface area contributed by atoms with E-state index < -0.39 is 7.40 Å². The summed E-state index contributed by atoms with van der Waals surface area (Å²) in [6, 6.07) is 10.3. The summed E-state index contributed by atoms with van der Waals surface area (Å²) in [6.45, 7) is 0.287. The van der Waals surface area contributed by atoms with Gasteiger partial charge in [0.25, 0.3) is 0 Å². The first-order valence-corrected chi connectivity index (χ1v) is 6.41. The van der Waals surface area contributed by atoms with Gasteiger partial charge in [0.05, 0.1) is 24.2 Å². The van der Waals surface area contributed by atoms with E-state index in [9.17, 15) is 8.63 Å². The van der Waals surface area contributed by atoms with Crippen molar-refractivity contribution in [1.29, 1.82) is 0 Å². The first kappa shape index (κ1) is 13.4. The van der Waals surface area contributed by atoms with Crippen LogP contribution in [0.5, 0.6) is 0 Å². The number of nitrogens with one attached hydrogen (secondary N) is 1. The minimum Gasteiger partial charge on any atom is -0.467 e. The van der Waals surface area contributed by atoms with Gasteiger partial charge < -0.3 is 13.9 Å². The zero-order valence-electron chi connectivity index (χ0n) is 11.0. The molecule has 0 saturated carbocycles. The number of halogens is 2. The average Bonchev–Trinajstić information content (AvgIpc) is 3.22. The Hall–Kier alpha value is -2.57. The molecule has 0 fully saturated rings. The molecule has 21 heavy (non-hydrogen) atoms. The van der Waals surface area contributed by atoms with Gasteiger partial charge in [-0.2, -0.15) is 0 Å². The van der Waals surface area contributed by atoms with Crippen molar-refractivity contribution in [2.45, 2.75) is 6.54 Å². The van der Waals surface area contributed by atoms with Crippen LogP contribution < -0.4 is 0 Å². The van der Waals surface area contributed by atoms with Gasteiger partial charge in [-0.1, -0.05) is 0 Å². The van der Waals surface area contributed by atoms with Crippen LogP contribution in [0.2, 0.25) is 0 Å². The Balaban J connectivity index is 2.00. The van der Waals surface area contributed by atoms with Crippen molar-refractivity contribution in [2.75, 3.05) is 0 Å². The molecule has 0 aliphatic carbocycles. The highest BCUT2D eigenvalue weighted by molar-refractivity contribution is 6.42. The minimum absolute atomic E-state index is 0.287. The Bertz CT molecular complexity index is 717. The van der Waals surface area contributed by atoms with E-state index in [1.807, 2.05) is 0 Å². The Morgan fingerprint density at radius 1 is 1.24 bits per heavy atom. The monoisotopic (exact) mass is 287 g/mol. The van der Waals surface area contributed by atoms with Gasteiger partial charge in [-0.05, 0) is 42.6 Å². The van der Waals surface area contributed by atoms with E-state index in [0.717, 1.165) is 4.48 Å². The van der Waals surface area contributed by atoms with Crippen molar-refractivity contribution in [2.24, 2.45) is 4.99 Å². The molecule has 3 rings (SSSR count). The van der Waals surface area contributed by atoms with E-state index in [1.165, 1.54) is 6.20 Å². The van der Waals surface area contributed by atoms with Crippen LogP contribution in [0.3, 0.4) is 0 Å². The van der Waals surface area contributed by atoms with Crippen molar-refractivity contribution >= 4 is 13.1 Å². The van der Waals surface area contributed by atoms with Crippen LogP contribution in [-0.2, 0) is 6.54 Å². The molecule has 0 aliphatic heterocycles. The quantitative estimate of drug-likeness (QED) is 0.568.